The molecule has 0 bridgehead atoms. The Hall–Kier alpha value is -0.730. The smallest absolute Gasteiger partial charge is 0.137 e. The third-order valence-corrected chi connectivity index (χ3v) is 2.66. The third-order valence-electron chi connectivity index (χ3n) is 2.36. The molecule has 13 heavy (non-hydrogen) atoms. The van der Waals surface area contributed by atoms with Crippen molar-refractivity contribution in [3.8, 4) is 5.75 Å². The third kappa shape index (κ3) is 1.64. The van der Waals surface area contributed by atoms with Crippen molar-refractivity contribution in [1.29, 1.82) is 0 Å². The van der Waals surface area contributed by atoms with Crippen molar-refractivity contribution in [2.24, 2.45) is 0 Å². The van der Waals surface area contributed by atoms with Gasteiger partial charge in [-0.15, -0.1) is 0 Å². The van der Waals surface area contributed by atoms with Crippen LogP contribution in [0.2, 0.25) is 5.02 Å². The zero-order chi connectivity index (χ0) is 9.26. The van der Waals surface area contributed by atoms with Crippen LogP contribution in [-0.2, 0) is 13.0 Å². The molecule has 0 saturated carbocycles. The summed E-state index contributed by atoms with van der Waals surface area (Å²) in [5.74, 6) is 0.780. The van der Waals surface area contributed by atoms with Crippen LogP contribution in [0, 0.1) is 0 Å². The van der Waals surface area contributed by atoms with E-state index in [4.69, 9.17) is 16.3 Å². The molecule has 1 aliphatic rings. The molecule has 1 N–H and O–H groups in total. The monoisotopic (exact) mass is 197 g/mol. The van der Waals surface area contributed by atoms with Crippen molar-refractivity contribution in [3.05, 3.63) is 28.3 Å². The molecule has 0 saturated heterocycles. The van der Waals surface area contributed by atoms with E-state index in [0.29, 0.717) is 5.02 Å². The predicted octanol–water partition coefficient (Wildman–Crippen LogP) is 1.99. The first-order valence-electron chi connectivity index (χ1n) is 4.37. The first kappa shape index (κ1) is 8.85. The molecular weight excluding hydrogens is 186 g/mol. The van der Waals surface area contributed by atoms with Crippen molar-refractivity contribution >= 4 is 11.6 Å². The second kappa shape index (κ2) is 3.56. The highest BCUT2D eigenvalue weighted by Gasteiger charge is 2.11. The number of fused-ring (bicyclic) bond motifs is 1. The summed E-state index contributed by atoms with van der Waals surface area (Å²) in [6, 6.07) is 4.03. The molecule has 0 aliphatic carbocycles. The largest absolute Gasteiger partial charge is 0.495 e. The Kier molecular flexibility index (Phi) is 2.42. The van der Waals surface area contributed by atoms with Crippen molar-refractivity contribution < 1.29 is 4.74 Å². The van der Waals surface area contributed by atoms with Gasteiger partial charge in [0.15, 0.2) is 0 Å². The topological polar surface area (TPSA) is 21.3 Å². The minimum Gasteiger partial charge on any atom is -0.495 e. The highest BCUT2D eigenvalue weighted by Crippen LogP contribution is 2.29. The summed E-state index contributed by atoms with van der Waals surface area (Å²) in [7, 11) is 1.65. The molecule has 0 fully saturated rings. The highest BCUT2D eigenvalue weighted by molar-refractivity contribution is 6.32. The maximum absolute atomic E-state index is 6.01. The molecule has 3 heteroatoms. The molecule has 0 aromatic heterocycles. The standard InChI is InChI=1S/C10H12ClNO/c1-13-10-5-7-2-3-12-6-8(7)4-9(10)11/h4-5,12H,2-3,6H2,1H3. The number of hydrogen-bond donors (Lipinski definition) is 1. The fourth-order valence-corrected chi connectivity index (χ4v) is 1.90. The van der Waals surface area contributed by atoms with Gasteiger partial charge in [-0.05, 0) is 36.2 Å². The van der Waals surface area contributed by atoms with Gasteiger partial charge in [0, 0.05) is 6.54 Å². The van der Waals surface area contributed by atoms with Crippen molar-refractivity contribution in [1.82, 2.24) is 5.32 Å². The number of benzene rings is 1. The van der Waals surface area contributed by atoms with E-state index in [1.54, 1.807) is 7.11 Å². The maximum atomic E-state index is 6.01. The summed E-state index contributed by atoms with van der Waals surface area (Å²) in [6.45, 7) is 1.96. The van der Waals surface area contributed by atoms with Gasteiger partial charge in [0.2, 0.25) is 0 Å². The summed E-state index contributed by atoms with van der Waals surface area (Å²) in [5.41, 5.74) is 2.64. The molecule has 2 nitrogen and oxygen atoms in total. The zero-order valence-corrected chi connectivity index (χ0v) is 8.32. The van der Waals surface area contributed by atoms with Crippen LogP contribution >= 0.6 is 11.6 Å². The summed E-state index contributed by atoms with van der Waals surface area (Å²) < 4.78 is 5.16. The van der Waals surface area contributed by atoms with Gasteiger partial charge in [-0.25, -0.2) is 0 Å². The Morgan fingerprint density at radius 2 is 2.23 bits per heavy atom. The van der Waals surface area contributed by atoms with E-state index >= 15 is 0 Å². The van der Waals surface area contributed by atoms with Gasteiger partial charge < -0.3 is 10.1 Å². The molecular formula is C10H12ClNO. The number of halogens is 1. The van der Waals surface area contributed by atoms with Crippen molar-refractivity contribution in [2.75, 3.05) is 13.7 Å². The molecule has 0 radical (unpaired) electrons. The molecule has 0 spiro atoms. The quantitative estimate of drug-likeness (QED) is 0.744. The van der Waals surface area contributed by atoms with E-state index in [1.165, 1.54) is 11.1 Å². The van der Waals surface area contributed by atoms with Gasteiger partial charge in [0.1, 0.15) is 5.75 Å². The van der Waals surface area contributed by atoms with E-state index in [1.807, 2.05) is 12.1 Å². The zero-order valence-electron chi connectivity index (χ0n) is 7.56. The normalized spacial score (nSPS) is 15.2. The minimum absolute atomic E-state index is 0.699. The van der Waals surface area contributed by atoms with E-state index in [-0.39, 0.29) is 0 Å². The predicted molar refractivity (Wildman–Crippen MR) is 53.4 cm³/mol. The molecule has 0 amide bonds. The number of methoxy groups -OCH3 is 1. The average molecular weight is 198 g/mol. The van der Waals surface area contributed by atoms with Gasteiger partial charge in [-0.3, -0.25) is 0 Å². The molecule has 0 atom stereocenters. The van der Waals surface area contributed by atoms with Gasteiger partial charge >= 0.3 is 0 Å². The Balaban J connectivity index is 2.44. The SMILES string of the molecule is COc1cc2c(cc1Cl)CNCC2. The Morgan fingerprint density at radius 1 is 1.38 bits per heavy atom. The Bertz CT molecular complexity index is 325. The van der Waals surface area contributed by atoms with Gasteiger partial charge in [0.25, 0.3) is 0 Å². The summed E-state index contributed by atoms with van der Waals surface area (Å²) >= 11 is 6.01. The van der Waals surface area contributed by atoms with E-state index in [0.717, 1.165) is 25.3 Å². The molecule has 1 aromatic rings. The molecule has 1 heterocycles. The second-order valence-electron chi connectivity index (χ2n) is 3.18. The van der Waals surface area contributed by atoms with Crippen LogP contribution in [0.1, 0.15) is 11.1 Å². The number of ether oxygens (including phenoxy) is 1. The lowest BCUT2D eigenvalue weighted by molar-refractivity contribution is 0.413. The molecule has 1 aromatic carbocycles. The van der Waals surface area contributed by atoms with Gasteiger partial charge in [0.05, 0.1) is 12.1 Å². The average Bonchev–Trinajstić information content (AvgIpc) is 2.17. The highest BCUT2D eigenvalue weighted by atomic mass is 35.5. The summed E-state index contributed by atoms with van der Waals surface area (Å²) in [4.78, 5) is 0. The molecule has 0 unspecified atom stereocenters. The van der Waals surface area contributed by atoms with E-state index < -0.39 is 0 Å². The lowest BCUT2D eigenvalue weighted by Gasteiger charge is -2.18. The van der Waals surface area contributed by atoms with Gasteiger partial charge in [-0.2, -0.15) is 0 Å². The van der Waals surface area contributed by atoms with Crippen molar-refractivity contribution in [3.63, 3.8) is 0 Å². The summed E-state index contributed by atoms with van der Waals surface area (Å²) in [5, 5.41) is 4.01. The molecule has 70 valence electrons. The minimum atomic E-state index is 0.699. The molecule has 2 rings (SSSR count). The fraction of sp³-hybridized carbons (Fsp3) is 0.400. The second-order valence-corrected chi connectivity index (χ2v) is 3.59. The maximum Gasteiger partial charge on any atom is 0.137 e. The van der Waals surface area contributed by atoms with Crippen LogP contribution in [0.15, 0.2) is 12.1 Å². The van der Waals surface area contributed by atoms with Crippen LogP contribution in [0.3, 0.4) is 0 Å². The fourth-order valence-electron chi connectivity index (χ4n) is 1.64. The van der Waals surface area contributed by atoms with Crippen LogP contribution in [0.5, 0.6) is 5.75 Å². The number of hydrogen-bond acceptors (Lipinski definition) is 2. The first-order chi connectivity index (χ1) is 6.31. The van der Waals surface area contributed by atoms with Crippen LogP contribution in [0.25, 0.3) is 0 Å². The lowest BCUT2D eigenvalue weighted by atomic mass is 10.0. The molecule has 1 aliphatic heterocycles. The van der Waals surface area contributed by atoms with Crippen LogP contribution < -0.4 is 10.1 Å². The van der Waals surface area contributed by atoms with E-state index in [9.17, 15) is 0 Å². The van der Waals surface area contributed by atoms with E-state index in [2.05, 4.69) is 5.32 Å². The van der Waals surface area contributed by atoms with Crippen LogP contribution in [0.4, 0.5) is 0 Å². The summed E-state index contributed by atoms with van der Waals surface area (Å²) in [6.07, 6.45) is 1.06. The number of rotatable bonds is 1. The Morgan fingerprint density at radius 3 is 3.00 bits per heavy atom. The first-order valence-corrected chi connectivity index (χ1v) is 4.75. The van der Waals surface area contributed by atoms with Crippen LogP contribution in [-0.4, -0.2) is 13.7 Å². The van der Waals surface area contributed by atoms with Crippen molar-refractivity contribution in [2.45, 2.75) is 13.0 Å². The van der Waals surface area contributed by atoms with Gasteiger partial charge in [-0.1, -0.05) is 11.6 Å². The number of nitrogens with one attached hydrogen (secondary N) is 1. The Labute approximate surface area is 82.9 Å². The lowest BCUT2D eigenvalue weighted by Crippen LogP contribution is -2.23.